The number of quaternary nitrogens is 1. The van der Waals surface area contributed by atoms with Crippen molar-refractivity contribution in [1.82, 2.24) is 5.32 Å². The largest absolute Gasteiger partial charge is 0.347 e. The third-order valence-electron chi connectivity index (χ3n) is 3.44. The molecule has 0 bridgehead atoms. The van der Waals surface area contributed by atoms with Crippen molar-refractivity contribution in [2.24, 2.45) is 0 Å². The zero-order chi connectivity index (χ0) is 12.8. The number of amides is 1. The van der Waals surface area contributed by atoms with Crippen LogP contribution in [0.15, 0.2) is 24.3 Å². The van der Waals surface area contributed by atoms with Crippen LogP contribution >= 0.6 is 11.6 Å². The van der Waals surface area contributed by atoms with Crippen molar-refractivity contribution >= 4 is 17.5 Å². The summed E-state index contributed by atoms with van der Waals surface area (Å²) >= 11 is 5.80. The van der Waals surface area contributed by atoms with E-state index < -0.39 is 0 Å². The number of carbonyl (C=O) groups is 1. The minimum Gasteiger partial charge on any atom is -0.347 e. The van der Waals surface area contributed by atoms with E-state index in [0.717, 1.165) is 10.6 Å². The van der Waals surface area contributed by atoms with Gasteiger partial charge in [-0.25, -0.2) is 0 Å². The summed E-state index contributed by atoms with van der Waals surface area (Å²) in [4.78, 5) is 11.7. The molecule has 0 heterocycles. The Hall–Kier alpha value is -1.06. The van der Waals surface area contributed by atoms with Crippen molar-refractivity contribution in [1.29, 1.82) is 0 Å². The molecule has 3 N–H and O–H groups in total. The zero-order valence-electron chi connectivity index (χ0n) is 10.5. The smallest absolute Gasteiger partial charge is 0.275 e. The summed E-state index contributed by atoms with van der Waals surface area (Å²) in [5, 5.41) is 5.82. The second-order valence-corrected chi connectivity index (χ2v) is 5.32. The van der Waals surface area contributed by atoms with Crippen LogP contribution in [0.1, 0.15) is 31.2 Å². The molecule has 0 atom stereocenters. The third-order valence-corrected chi connectivity index (χ3v) is 3.69. The first-order chi connectivity index (χ1) is 8.74. The van der Waals surface area contributed by atoms with E-state index in [4.69, 9.17) is 11.6 Å². The van der Waals surface area contributed by atoms with Crippen LogP contribution in [0.2, 0.25) is 5.02 Å². The first-order valence-electron chi connectivity index (χ1n) is 6.58. The predicted molar refractivity (Wildman–Crippen MR) is 72.3 cm³/mol. The molecule has 1 aromatic rings. The van der Waals surface area contributed by atoms with E-state index in [1.165, 1.54) is 25.7 Å². The minimum absolute atomic E-state index is 0.108. The summed E-state index contributed by atoms with van der Waals surface area (Å²) in [6.45, 7) is 1.12. The fourth-order valence-electron chi connectivity index (χ4n) is 2.34. The number of hydrogen-bond acceptors (Lipinski definition) is 1. The molecule has 1 aliphatic rings. The summed E-state index contributed by atoms with van der Waals surface area (Å²) in [7, 11) is 0. The van der Waals surface area contributed by atoms with Crippen LogP contribution in [0, 0.1) is 0 Å². The summed E-state index contributed by atoms with van der Waals surface area (Å²) in [5.74, 6) is 0.108. The molecule has 0 aliphatic heterocycles. The zero-order valence-corrected chi connectivity index (χ0v) is 11.2. The van der Waals surface area contributed by atoms with Crippen molar-refractivity contribution in [2.45, 2.75) is 38.3 Å². The Morgan fingerprint density at radius 3 is 2.61 bits per heavy atom. The van der Waals surface area contributed by atoms with Gasteiger partial charge < -0.3 is 10.6 Å². The number of carbonyl (C=O) groups excluding carboxylic acids is 1. The molecule has 18 heavy (non-hydrogen) atoms. The van der Waals surface area contributed by atoms with Crippen molar-refractivity contribution in [3.05, 3.63) is 34.9 Å². The highest BCUT2D eigenvalue weighted by molar-refractivity contribution is 6.30. The molecular weight excluding hydrogens is 248 g/mol. The number of nitrogens with one attached hydrogen (secondary N) is 1. The Morgan fingerprint density at radius 1 is 1.28 bits per heavy atom. The van der Waals surface area contributed by atoms with E-state index in [9.17, 15) is 4.79 Å². The Labute approximate surface area is 113 Å². The van der Waals surface area contributed by atoms with Gasteiger partial charge in [-0.2, -0.15) is 0 Å². The Bertz CT molecular complexity index is 385. The monoisotopic (exact) mass is 267 g/mol. The van der Waals surface area contributed by atoms with E-state index in [1.54, 1.807) is 0 Å². The van der Waals surface area contributed by atoms with Gasteiger partial charge in [-0.1, -0.05) is 23.7 Å². The van der Waals surface area contributed by atoms with Gasteiger partial charge in [-0.3, -0.25) is 4.79 Å². The highest BCUT2D eigenvalue weighted by Crippen LogP contribution is 2.14. The summed E-state index contributed by atoms with van der Waals surface area (Å²) in [6.07, 6.45) is 5.13. The normalized spacial score (nSPS) is 15.8. The molecule has 1 aliphatic carbocycles. The van der Waals surface area contributed by atoms with Gasteiger partial charge in [0.05, 0.1) is 6.04 Å². The molecular formula is C14H20ClN2O+. The summed E-state index contributed by atoms with van der Waals surface area (Å²) in [6, 6.07) is 8.21. The molecule has 4 heteroatoms. The lowest BCUT2D eigenvalue weighted by Gasteiger charge is -2.09. The van der Waals surface area contributed by atoms with Gasteiger partial charge in [0, 0.05) is 11.6 Å². The first-order valence-corrected chi connectivity index (χ1v) is 6.96. The lowest BCUT2D eigenvalue weighted by atomic mass is 10.2. The van der Waals surface area contributed by atoms with Gasteiger partial charge in [-0.05, 0) is 43.4 Å². The molecule has 0 unspecified atom stereocenters. The highest BCUT2D eigenvalue weighted by Gasteiger charge is 2.18. The van der Waals surface area contributed by atoms with Gasteiger partial charge in [0.2, 0.25) is 0 Å². The van der Waals surface area contributed by atoms with Crippen LogP contribution < -0.4 is 10.6 Å². The predicted octanol–water partition coefficient (Wildman–Crippen LogP) is 1.46. The molecule has 98 valence electrons. The van der Waals surface area contributed by atoms with Gasteiger partial charge in [0.15, 0.2) is 6.54 Å². The van der Waals surface area contributed by atoms with Gasteiger partial charge in [0.25, 0.3) is 5.91 Å². The second-order valence-electron chi connectivity index (χ2n) is 4.89. The lowest BCUT2D eigenvalue weighted by molar-refractivity contribution is -0.677. The Balaban J connectivity index is 1.66. The van der Waals surface area contributed by atoms with Crippen LogP contribution in [0.3, 0.4) is 0 Å². The molecule has 1 amide bonds. The molecule has 1 saturated carbocycles. The number of hydrogen-bond donors (Lipinski definition) is 2. The number of halogens is 1. The maximum atomic E-state index is 11.7. The Kier molecular flexibility index (Phi) is 5.02. The molecule has 2 rings (SSSR count). The quantitative estimate of drug-likeness (QED) is 0.834. The molecule has 0 radical (unpaired) electrons. The topological polar surface area (TPSA) is 45.7 Å². The fourth-order valence-corrected chi connectivity index (χ4v) is 2.47. The summed E-state index contributed by atoms with van der Waals surface area (Å²) < 4.78 is 0. The van der Waals surface area contributed by atoms with Crippen LogP contribution in [0.25, 0.3) is 0 Å². The van der Waals surface area contributed by atoms with Crippen LogP contribution in [0.4, 0.5) is 0 Å². The molecule has 0 spiro atoms. The molecule has 3 nitrogen and oxygen atoms in total. The van der Waals surface area contributed by atoms with Gasteiger partial charge in [0.1, 0.15) is 0 Å². The van der Waals surface area contributed by atoms with Gasteiger partial charge in [-0.15, -0.1) is 0 Å². The van der Waals surface area contributed by atoms with Crippen LogP contribution in [-0.4, -0.2) is 18.5 Å². The molecule has 1 aromatic carbocycles. The van der Waals surface area contributed by atoms with E-state index in [2.05, 4.69) is 10.6 Å². The van der Waals surface area contributed by atoms with Crippen molar-refractivity contribution in [2.75, 3.05) is 6.54 Å². The lowest BCUT2D eigenvalue weighted by Crippen LogP contribution is -2.91. The highest BCUT2D eigenvalue weighted by atomic mass is 35.5. The van der Waals surface area contributed by atoms with Crippen molar-refractivity contribution in [3.63, 3.8) is 0 Å². The standard InChI is InChI=1S/C14H19ClN2O/c15-12-7-5-11(6-8-12)9-17-14(18)10-16-13-3-1-2-4-13/h5-8,13,16H,1-4,9-10H2,(H,17,18)/p+1. The van der Waals surface area contributed by atoms with E-state index >= 15 is 0 Å². The number of nitrogens with two attached hydrogens (primary N) is 1. The van der Waals surface area contributed by atoms with Crippen LogP contribution in [-0.2, 0) is 11.3 Å². The second kappa shape index (κ2) is 6.76. The van der Waals surface area contributed by atoms with E-state index in [0.29, 0.717) is 19.1 Å². The first kappa shape index (κ1) is 13.4. The minimum atomic E-state index is 0.108. The third kappa shape index (κ3) is 4.31. The SMILES string of the molecule is O=C(C[NH2+]C1CCCC1)NCc1ccc(Cl)cc1. The fraction of sp³-hybridized carbons (Fsp3) is 0.500. The van der Waals surface area contributed by atoms with Crippen LogP contribution in [0.5, 0.6) is 0 Å². The molecule has 0 aromatic heterocycles. The van der Waals surface area contributed by atoms with Crippen molar-refractivity contribution < 1.29 is 10.1 Å². The molecule has 1 fully saturated rings. The summed E-state index contributed by atoms with van der Waals surface area (Å²) in [5.41, 5.74) is 1.08. The van der Waals surface area contributed by atoms with E-state index in [-0.39, 0.29) is 5.91 Å². The number of benzene rings is 1. The average molecular weight is 268 g/mol. The Morgan fingerprint density at radius 2 is 1.94 bits per heavy atom. The maximum Gasteiger partial charge on any atom is 0.275 e. The van der Waals surface area contributed by atoms with E-state index in [1.807, 2.05) is 24.3 Å². The number of rotatable bonds is 5. The van der Waals surface area contributed by atoms with Crippen molar-refractivity contribution in [3.8, 4) is 0 Å². The average Bonchev–Trinajstić information content (AvgIpc) is 2.89. The maximum absolute atomic E-state index is 11.7. The van der Waals surface area contributed by atoms with Gasteiger partial charge >= 0.3 is 0 Å². The molecule has 0 saturated heterocycles.